The molecule has 0 spiro atoms. The molecular formula is C18H20FN5O3. The maximum Gasteiger partial charge on any atom is 0.312 e. The lowest BCUT2D eigenvalue weighted by Gasteiger charge is -2.23. The first-order chi connectivity index (χ1) is 13.2. The molecule has 1 aromatic carbocycles. The average molecular weight is 373 g/mol. The third-order valence-electron chi connectivity index (χ3n) is 4.52. The fourth-order valence-corrected chi connectivity index (χ4v) is 3.17. The number of benzene rings is 1. The van der Waals surface area contributed by atoms with Crippen molar-refractivity contribution in [1.82, 2.24) is 19.5 Å². The van der Waals surface area contributed by atoms with Gasteiger partial charge in [0, 0.05) is 12.7 Å². The van der Waals surface area contributed by atoms with Crippen LogP contribution in [-0.4, -0.2) is 40.3 Å². The predicted molar refractivity (Wildman–Crippen MR) is 96.9 cm³/mol. The van der Waals surface area contributed by atoms with E-state index < -0.39 is 6.08 Å². The molecule has 1 aliphatic heterocycles. The van der Waals surface area contributed by atoms with Gasteiger partial charge in [0.1, 0.15) is 17.7 Å². The number of hydrogen-bond donors (Lipinski definition) is 1. The summed E-state index contributed by atoms with van der Waals surface area (Å²) in [6.45, 7) is 0.671. The molecule has 3 aromatic rings. The largest absolute Gasteiger partial charge is 0.497 e. The number of halogens is 1. The average Bonchev–Trinajstić information content (AvgIpc) is 3.12. The molecule has 0 saturated carbocycles. The highest BCUT2D eigenvalue weighted by atomic mass is 19.1. The van der Waals surface area contributed by atoms with Crippen LogP contribution >= 0.6 is 0 Å². The van der Waals surface area contributed by atoms with E-state index in [1.807, 2.05) is 0 Å². The van der Waals surface area contributed by atoms with Crippen LogP contribution < -0.4 is 14.8 Å². The lowest BCUT2D eigenvalue weighted by Crippen LogP contribution is -2.18. The maximum absolute atomic E-state index is 14.2. The fourth-order valence-electron chi connectivity index (χ4n) is 3.17. The first-order valence-electron chi connectivity index (χ1n) is 8.70. The van der Waals surface area contributed by atoms with E-state index in [0.29, 0.717) is 35.0 Å². The number of nitrogens with zero attached hydrogens (tertiary/aromatic N) is 4. The zero-order valence-corrected chi connectivity index (χ0v) is 15.1. The second-order valence-electron chi connectivity index (χ2n) is 6.18. The Morgan fingerprint density at radius 2 is 2.11 bits per heavy atom. The summed E-state index contributed by atoms with van der Waals surface area (Å²) >= 11 is 0. The summed E-state index contributed by atoms with van der Waals surface area (Å²) in [7, 11) is 3.12. The van der Waals surface area contributed by atoms with Gasteiger partial charge in [-0.05, 0) is 31.4 Å². The van der Waals surface area contributed by atoms with E-state index in [0.717, 1.165) is 19.3 Å². The topological polar surface area (TPSA) is 83.3 Å². The van der Waals surface area contributed by atoms with Gasteiger partial charge in [0.05, 0.1) is 26.2 Å². The van der Waals surface area contributed by atoms with Crippen LogP contribution in [0, 0.1) is 6.08 Å². The van der Waals surface area contributed by atoms with Gasteiger partial charge in [-0.1, -0.05) is 0 Å². The lowest BCUT2D eigenvalue weighted by atomic mass is 10.2. The van der Waals surface area contributed by atoms with Crippen molar-refractivity contribution in [2.45, 2.75) is 25.5 Å². The number of nitrogens with one attached hydrogen (secondary N) is 1. The SMILES string of the molecule is COc1ccc(OC)c(Nc2nc(F)nc3c2ncn3C2CCCCO2)c1. The summed E-state index contributed by atoms with van der Waals surface area (Å²) in [6, 6.07) is 5.27. The highest BCUT2D eigenvalue weighted by Crippen LogP contribution is 2.33. The Kier molecular flexibility index (Phi) is 4.76. The molecule has 1 N–H and O–H groups in total. The van der Waals surface area contributed by atoms with E-state index in [9.17, 15) is 4.39 Å². The van der Waals surface area contributed by atoms with Crippen LogP contribution in [0.15, 0.2) is 24.5 Å². The van der Waals surface area contributed by atoms with Crippen molar-refractivity contribution in [3.63, 3.8) is 0 Å². The van der Waals surface area contributed by atoms with Crippen LogP contribution in [0.1, 0.15) is 25.5 Å². The minimum absolute atomic E-state index is 0.197. The molecule has 1 aliphatic rings. The highest BCUT2D eigenvalue weighted by molar-refractivity contribution is 5.86. The van der Waals surface area contributed by atoms with Crippen LogP contribution in [0.25, 0.3) is 11.2 Å². The quantitative estimate of drug-likeness (QED) is 0.686. The van der Waals surface area contributed by atoms with Gasteiger partial charge in [-0.2, -0.15) is 14.4 Å². The maximum atomic E-state index is 14.2. The first-order valence-corrected chi connectivity index (χ1v) is 8.70. The standard InChI is InChI=1S/C18H20FN5O3/c1-25-11-6-7-13(26-2)12(9-11)21-16-15-17(23-18(19)22-16)24(10-20-15)14-5-3-4-8-27-14/h6-7,9-10,14H,3-5,8H2,1-2H3,(H,21,22,23). The molecule has 0 aliphatic carbocycles. The molecule has 2 aromatic heterocycles. The van der Waals surface area contributed by atoms with Crippen molar-refractivity contribution in [2.75, 3.05) is 26.1 Å². The van der Waals surface area contributed by atoms with Crippen LogP contribution in [-0.2, 0) is 4.74 Å². The van der Waals surface area contributed by atoms with E-state index in [2.05, 4.69) is 20.3 Å². The second-order valence-corrected chi connectivity index (χ2v) is 6.18. The number of ether oxygens (including phenoxy) is 3. The van der Waals surface area contributed by atoms with E-state index >= 15 is 0 Å². The molecular weight excluding hydrogens is 353 g/mol. The number of fused-ring (bicyclic) bond motifs is 1. The highest BCUT2D eigenvalue weighted by Gasteiger charge is 2.22. The van der Waals surface area contributed by atoms with E-state index in [-0.39, 0.29) is 12.0 Å². The molecule has 1 unspecified atom stereocenters. The van der Waals surface area contributed by atoms with Crippen molar-refractivity contribution >= 4 is 22.7 Å². The predicted octanol–water partition coefficient (Wildman–Crippen LogP) is 3.43. The Labute approximate surface area is 155 Å². The van der Waals surface area contributed by atoms with Gasteiger partial charge >= 0.3 is 6.08 Å². The van der Waals surface area contributed by atoms with Gasteiger partial charge in [0.25, 0.3) is 0 Å². The van der Waals surface area contributed by atoms with Crippen molar-refractivity contribution in [3.8, 4) is 11.5 Å². The Morgan fingerprint density at radius 1 is 1.22 bits per heavy atom. The zero-order chi connectivity index (χ0) is 18.8. The number of methoxy groups -OCH3 is 2. The third-order valence-corrected chi connectivity index (χ3v) is 4.52. The summed E-state index contributed by atoms with van der Waals surface area (Å²) < 4.78 is 32.3. The molecule has 9 heteroatoms. The Hall–Kier alpha value is -2.94. The molecule has 27 heavy (non-hydrogen) atoms. The zero-order valence-electron chi connectivity index (χ0n) is 15.1. The number of aromatic nitrogens is 4. The minimum atomic E-state index is -0.843. The molecule has 1 atom stereocenters. The summed E-state index contributed by atoms with van der Waals surface area (Å²) in [5.41, 5.74) is 1.42. The minimum Gasteiger partial charge on any atom is -0.497 e. The molecule has 4 rings (SSSR count). The van der Waals surface area contributed by atoms with Gasteiger partial charge in [-0.25, -0.2) is 4.98 Å². The smallest absolute Gasteiger partial charge is 0.312 e. The normalized spacial score (nSPS) is 17.1. The van der Waals surface area contributed by atoms with Gasteiger partial charge in [-0.15, -0.1) is 0 Å². The summed E-state index contributed by atoms with van der Waals surface area (Å²) in [4.78, 5) is 12.2. The third kappa shape index (κ3) is 3.37. The molecule has 3 heterocycles. The van der Waals surface area contributed by atoms with Crippen LogP contribution in [0.2, 0.25) is 0 Å². The van der Waals surface area contributed by atoms with Crippen molar-refractivity contribution in [3.05, 3.63) is 30.6 Å². The van der Waals surface area contributed by atoms with Crippen LogP contribution in [0.4, 0.5) is 15.9 Å². The number of anilines is 2. The van der Waals surface area contributed by atoms with E-state index in [1.165, 1.54) is 0 Å². The van der Waals surface area contributed by atoms with E-state index in [1.54, 1.807) is 43.3 Å². The summed E-state index contributed by atoms with van der Waals surface area (Å²) in [6.07, 6.45) is 3.48. The van der Waals surface area contributed by atoms with Crippen molar-refractivity contribution in [1.29, 1.82) is 0 Å². The van der Waals surface area contributed by atoms with Gasteiger partial charge in [0.2, 0.25) is 0 Å². The van der Waals surface area contributed by atoms with E-state index in [4.69, 9.17) is 14.2 Å². The molecule has 8 nitrogen and oxygen atoms in total. The Morgan fingerprint density at radius 3 is 2.85 bits per heavy atom. The Bertz CT molecular complexity index is 956. The van der Waals surface area contributed by atoms with Gasteiger partial charge < -0.3 is 19.5 Å². The van der Waals surface area contributed by atoms with Crippen molar-refractivity contribution < 1.29 is 18.6 Å². The van der Waals surface area contributed by atoms with Gasteiger partial charge in [-0.3, -0.25) is 4.57 Å². The van der Waals surface area contributed by atoms with Crippen LogP contribution in [0.3, 0.4) is 0 Å². The molecule has 1 saturated heterocycles. The van der Waals surface area contributed by atoms with Crippen LogP contribution in [0.5, 0.6) is 11.5 Å². The molecule has 1 fully saturated rings. The number of rotatable bonds is 5. The molecule has 142 valence electrons. The number of imidazole rings is 1. The fraction of sp³-hybridized carbons (Fsp3) is 0.389. The monoisotopic (exact) mass is 373 g/mol. The molecule has 0 radical (unpaired) electrons. The Balaban J connectivity index is 1.75. The van der Waals surface area contributed by atoms with Crippen molar-refractivity contribution in [2.24, 2.45) is 0 Å². The van der Waals surface area contributed by atoms with Gasteiger partial charge in [0.15, 0.2) is 17.0 Å². The lowest BCUT2D eigenvalue weighted by molar-refractivity contribution is -0.0298. The molecule has 0 bridgehead atoms. The summed E-state index contributed by atoms with van der Waals surface area (Å²) in [5.74, 6) is 1.45. The summed E-state index contributed by atoms with van der Waals surface area (Å²) in [5, 5.41) is 3.09. The second kappa shape index (κ2) is 7.36. The molecule has 0 amide bonds. The number of hydrogen-bond acceptors (Lipinski definition) is 7. The first kappa shape index (κ1) is 17.5.